The van der Waals surface area contributed by atoms with Gasteiger partial charge in [-0.15, -0.1) is 17.9 Å². The van der Waals surface area contributed by atoms with Crippen LogP contribution >= 0.6 is 11.3 Å². The molecule has 11 heavy (non-hydrogen) atoms. The van der Waals surface area contributed by atoms with Crippen molar-refractivity contribution >= 4 is 11.3 Å². The van der Waals surface area contributed by atoms with Crippen molar-refractivity contribution in [1.82, 2.24) is 0 Å². The third-order valence-corrected chi connectivity index (χ3v) is 2.34. The SMILES string of the molecule is C=C[C@H](N)c1csc(OC)c1. The van der Waals surface area contributed by atoms with Crippen molar-refractivity contribution in [3.63, 3.8) is 0 Å². The Balaban J connectivity index is 2.79. The summed E-state index contributed by atoms with van der Waals surface area (Å²) in [5, 5.41) is 2.86. The Morgan fingerprint density at radius 2 is 2.55 bits per heavy atom. The van der Waals surface area contributed by atoms with Gasteiger partial charge in [0, 0.05) is 6.04 Å². The molecule has 0 aliphatic rings. The fraction of sp³-hybridized carbons (Fsp3) is 0.250. The molecule has 1 heterocycles. The number of nitrogens with two attached hydrogens (primary N) is 1. The van der Waals surface area contributed by atoms with Gasteiger partial charge in [0.1, 0.15) is 0 Å². The van der Waals surface area contributed by atoms with Crippen LogP contribution in [0.5, 0.6) is 5.06 Å². The van der Waals surface area contributed by atoms with Crippen LogP contribution in [0.1, 0.15) is 11.6 Å². The van der Waals surface area contributed by atoms with Gasteiger partial charge in [-0.1, -0.05) is 6.08 Å². The Kier molecular flexibility index (Phi) is 2.68. The van der Waals surface area contributed by atoms with Gasteiger partial charge in [0.05, 0.1) is 7.11 Å². The lowest BCUT2D eigenvalue weighted by molar-refractivity contribution is 0.427. The molecule has 60 valence electrons. The van der Waals surface area contributed by atoms with Gasteiger partial charge in [-0.2, -0.15) is 0 Å². The van der Waals surface area contributed by atoms with Crippen LogP contribution < -0.4 is 10.5 Å². The zero-order valence-corrected chi connectivity index (χ0v) is 7.23. The van der Waals surface area contributed by atoms with Crippen molar-refractivity contribution in [2.45, 2.75) is 6.04 Å². The van der Waals surface area contributed by atoms with Gasteiger partial charge in [0.25, 0.3) is 0 Å². The van der Waals surface area contributed by atoms with Gasteiger partial charge in [-0.05, 0) is 17.0 Å². The minimum Gasteiger partial charge on any atom is -0.487 e. The quantitative estimate of drug-likeness (QED) is 0.702. The lowest BCUT2D eigenvalue weighted by Crippen LogP contribution is -2.04. The molecule has 0 aromatic carbocycles. The largest absolute Gasteiger partial charge is 0.487 e. The summed E-state index contributed by atoms with van der Waals surface area (Å²) in [6.07, 6.45) is 1.71. The first kappa shape index (κ1) is 8.30. The molecule has 1 aromatic heterocycles. The first-order valence-electron chi connectivity index (χ1n) is 3.28. The zero-order chi connectivity index (χ0) is 8.27. The molecule has 2 nitrogen and oxygen atoms in total. The predicted octanol–water partition coefficient (Wildman–Crippen LogP) is 1.94. The standard InChI is InChI=1S/C8H11NOS/c1-3-7(9)6-4-8(10-2)11-5-6/h3-5,7H,1,9H2,2H3/t7-/m0/s1. The Morgan fingerprint density at radius 1 is 1.82 bits per heavy atom. The molecule has 0 unspecified atom stereocenters. The minimum atomic E-state index is -0.0739. The van der Waals surface area contributed by atoms with E-state index in [0.717, 1.165) is 10.6 Å². The number of hydrogen-bond donors (Lipinski definition) is 1. The summed E-state index contributed by atoms with van der Waals surface area (Å²) in [6.45, 7) is 3.61. The third kappa shape index (κ3) is 1.82. The molecule has 1 atom stereocenters. The number of methoxy groups -OCH3 is 1. The number of hydrogen-bond acceptors (Lipinski definition) is 3. The highest BCUT2D eigenvalue weighted by molar-refractivity contribution is 7.12. The molecule has 1 aromatic rings. The summed E-state index contributed by atoms with van der Waals surface area (Å²) in [5.41, 5.74) is 6.75. The second-order valence-corrected chi connectivity index (χ2v) is 3.04. The van der Waals surface area contributed by atoms with E-state index in [-0.39, 0.29) is 6.04 Å². The molecule has 0 amide bonds. The minimum absolute atomic E-state index is 0.0739. The highest BCUT2D eigenvalue weighted by Gasteiger charge is 2.03. The molecule has 0 aliphatic heterocycles. The van der Waals surface area contributed by atoms with Crippen LogP contribution in [0.15, 0.2) is 24.1 Å². The van der Waals surface area contributed by atoms with Crippen molar-refractivity contribution in [3.05, 3.63) is 29.7 Å². The van der Waals surface area contributed by atoms with Gasteiger partial charge in [-0.25, -0.2) is 0 Å². The summed E-state index contributed by atoms with van der Waals surface area (Å²) in [7, 11) is 1.65. The first-order chi connectivity index (χ1) is 5.27. The zero-order valence-electron chi connectivity index (χ0n) is 6.41. The second-order valence-electron chi connectivity index (χ2n) is 2.16. The van der Waals surface area contributed by atoms with Crippen molar-refractivity contribution in [2.24, 2.45) is 5.73 Å². The monoisotopic (exact) mass is 169 g/mol. The summed E-state index contributed by atoms with van der Waals surface area (Å²) >= 11 is 1.54. The molecule has 0 radical (unpaired) electrons. The van der Waals surface area contributed by atoms with Crippen LogP contribution in [-0.2, 0) is 0 Å². The molecule has 0 fully saturated rings. The highest BCUT2D eigenvalue weighted by atomic mass is 32.1. The van der Waals surface area contributed by atoms with E-state index in [0.29, 0.717) is 0 Å². The molecule has 0 spiro atoms. The van der Waals surface area contributed by atoms with Gasteiger partial charge in [0.2, 0.25) is 0 Å². The van der Waals surface area contributed by atoms with E-state index in [1.807, 2.05) is 11.4 Å². The topological polar surface area (TPSA) is 35.2 Å². The van der Waals surface area contributed by atoms with Crippen molar-refractivity contribution in [3.8, 4) is 5.06 Å². The Morgan fingerprint density at radius 3 is 3.00 bits per heavy atom. The Bertz CT molecular complexity index is 244. The van der Waals surface area contributed by atoms with Crippen molar-refractivity contribution in [1.29, 1.82) is 0 Å². The molecular formula is C8H11NOS. The molecular weight excluding hydrogens is 158 g/mol. The van der Waals surface area contributed by atoms with Crippen LogP contribution in [0.2, 0.25) is 0 Å². The lowest BCUT2D eigenvalue weighted by atomic mass is 10.2. The van der Waals surface area contributed by atoms with E-state index >= 15 is 0 Å². The van der Waals surface area contributed by atoms with E-state index in [2.05, 4.69) is 6.58 Å². The molecule has 3 heteroatoms. The molecule has 1 rings (SSSR count). The highest BCUT2D eigenvalue weighted by Crippen LogP contribution is 2.25. The van der Waals surface area contributed by atoms with Crippen LogP contribution in [0.25, 0.3) is 0 Å². The molecule has 0 aliphatic carbocycles. The summed E-state index contributed by atoms with van der Waals surface area (Å²) < 4.78 is 5.02. The molecule has 0 bridgehead atoms. The van der Waals surface area contributed by atoms with Crippen molar-refractivity contribution < 1.29 is 4.74 Å². The second kappa shape index (κ2) is 3.55. The summed E-state index contributed by atoms with van der Waals surface area (Å²) in [5.74, 6) is 0. The third-order valence-electron chi connectivity index (χ3n) is 1.44. The maximum atomic E-state index is 5.70. The number of rotatable bonds is 3. The van der Waals surface area contributed by atoms with Crippen LogP contribution in [0.4, 0.5) is 0 Å². The Hall–Kier alpha value is -0.800. The molecule has 0 saturated carbocycles. The lowest BCUT2D eigenvalue weighted by Gasteiger charge is -1.99. The molecule has 0 saturated heterocycles. The van der Waals surface area contributed by atoms with E-state index in [4.69, 9.17) is 10.5 Å². The maximum absolute atomic E-state index is 5.70. The van der Waals surface area contributed by atoms with Crippen LogP contribution in [0.3, 0.4) is 0 Å². The van der Waals surface area contributed by atoms with Crippen molar-refractivity contribution in [2.75, 3.05) is 7.11 Å². The maximum Gasteiger partial charge on any atom is 0.173 e. The normalized spacial score (nSPS) is 12.5. The fourth-order valence-electron chi connectivity index (χ4n) is 0.748. The van der Waals surface area contributed by atoms with Gasteiger partial charge in [-0.3, -0.25) is 0 Å². The van der Waals surface area contributed by atoms with E-state index < -0.39 is 0 Å². The van der Waals surface area contributed by atoms with E-state index in [1.165, 1.54) is 0 Å². The van der Waals surface area contributed by atoms with E-state index in [9.17, 15) is 0 Å². The smallest absolute Gasteiger partial charge is 0.173 e. The van der Waals surface area contributed by atoms with Gasteiger partial charge in [0.15, 0.2) is 5.06 Å². The average Bonchev–Trinajstić information content (AvgIpc) is 2.50. The summed E-state index contributed by atoms with van der Waals surface area (Å²) in [6, 6.07) is 1.85. The van der Waals surface area contributed by atoms with Crippen LogP contribution in [-0.4, -0.2) is 7.11 Å². The number of ether oxygens (including phenoxy) is 1. The van der Waals surface area contributed by atoms with E-state index in [1.54, 1.807) is 24.5 Å². The van der Waals surface area contributed by atoms with Crippen LogP contribution in [0, 0.1) is 0 Å². The first-order valence-corrected chi connectivity index (χ1v) is 4.16. The Labute approximate surface area is 70.3 Å². The molecule has 2 N–H and O–H groups in total. The number of thiophene rings is 1. The average molecular weight is 169 g/mol. The van der Waals surface area contributed by atoms with Gasteiger partial charge >= 0.3 is 0 Å². The summed E-state index contributed by atoms with van der Waals surface area (Å²) in [4.78, 5) is 0. The predicted molar refractivity (Wildman–Crippen MR) is 48.0 cm³/mol. The fourth-order valence-corrected chi connectivity index (χ4v) is 1.53. The van der Waals surface area contributed by atoms with Gasteiger partial charge < -0.3 is 10.5 Å².